The van der Waals surface area contributed by atoms with Crippen molar-refractivity contribution in [3.8, 4) is 0 Å². The minimum atomic E-state index is -0.277. The highest BCUT2D eigenvalue weighted by molar-refractivity contribution is 5.91. The van der Waals surface area contributed by atoms with E-state index in [1.54, 1.807) is 0 Å². The fourth-order valence-electron chi connectivity index (χ4n) is 2.78. The number of hydrogen-bond acceptors (Lipinski definition) is 3. The predicted molar refractivity (Wildman–Crippen MR) is 89.9 cm³/mol. The zero-order valence-corrected chi connectivity index (χ0v) is 12.5. The average molecular weight is 295 g/mol. The molecule has 2 aromatic rings. The number of aryl methyl sites for hydroxylation is 1. The minimum absolute atomic E-state index is 0.0555. The SMILES string of the molecule is NC(CC(=O)Nc1ccc2c(c1)CCCN2)c1ccccc1. The number of rotatable bonds is 4. The fraction of sp³-hybridized carbons (Fsp3) is 0.278. The molecule has 1 unspecified atom stereocenters. The second kappa shape index (κ2) is 6.62. The molecular weight excluding hydrogens is 274 g/mol. The number of hydrogen-bond donors (Lipinski definition) is 3. The second-order valence-electron chi connectivity index (χ2n) is 5.67. The maximum Gasteiger partial charge on any atom is 0.226 e. The minimum Gasteiger partial charge on any atom is -0.385 e. The Bertz CT molecular complexity index is 655. The summed E-state index contributed by atoms with van der Waals surface area (Å²) in [6.07, 6.45) is 2.46. The molecule has 22 heavy (non-hydrogen) atoms. The van der Waals surface area contributed by atoms with E-state index in [4.69, 9.17) is 5.73 Å². The standard InChI is InChI=1S/C18H21N3O/c19-16(13-5-2-1-3-6-13)12-18(22)21-15-8-9-17-14(11-15)7-4-10-20-17/h1-3,5-6,8-9,11,16,20H,4,7,10,12,19H2,(H,21,22). The Hall–Kier alpha value is -2.33. The summed E-state index contributed by atoms with van der Waals surface area (Å²) in [6, 6.07) is 15.4. The van der Waals surface area contributed by atoms with Crippen LogP contribution >= 0.6 is 0 Å². The molecule has 1 heterocycles. The first-order valence-electron chi connectivity index (χ1n) is 7.69. The molecule has 1 aliphatic heterocycles. The highest BCUT2D eigenvalue weighted by Gasteiger charge is 2.13. The molecule has 4 N–H and O–H groups in total. The summed E-state index contributed by atoms with van der Waals surface area (Å²) in [5.41, 5.74) is 10.3. The molecule has 0 radical (unpaired) electrons. The molecule has 4 heteroatoms. The lowest BCUT2D eigenvalue weighted by Gasteiger charge is -2.19. The Kier molecular flexibility index (Phi) is 4.39. The molecule has 1 atom stereocenters. The first-order chi connectivity index (χ1) is 10.7. The number of carbonyl (C=O) groups is 1. The van der Waals surface area contributed by atoms with Crippen LogP contribution in [-0.2, 0) is 11.2 Å². The van der Waals surface area contributed by atoms with Gasteiger partial charge in [-0.1, -0.05) is 30.3 Å². The van der Waals surface area contributed by atoms with E-state index in [9.17, 15) is 4.79 Å². The van der Waals surface area contributed by atoms with Gasteiger partial charge in [-0.15, -0.1) is 0 Å². The summed E-state index contributed by atoms with van der Waals surface area (Å²) < 4.78 is 0. The van der Waals surface area contributed by atoms with Crippen molar-refractivity contribution in [3.05, 3.63) is 59.7 Å². The van der Waals surface area contributed by atoms with Crippen molar-refractivity contribution >= 4 is 17.3 Å². The summed E-state index contributed by atoms with van der Waals surface area (Å²) in [5.74, 6) is -0.0555. The Balaban J connectivity index is 1.62. The molecule has 3 rings (SSSR count). The first-order valence-corrected chi connectivity index (χ1v) is 7.69. The zero-order valence-electron chi connectivity index (χ0n) is 12.5. The van der Waals surface area contributed by atoms with E-state index in [0.29, 0.717) is 0 Å². The third kappa shape index (κ3) is 3.46. The summed E-state index contributed by atoms with van der Waals surface area (Å²) in [6.45, 7) is 1.02. The van der Waals surface area contributed by atoms with Gasteiger partial charge in [-0.25, -0.2) is 0 Å². The monoisotopic (exact) mass is 295 g/mol. The molecule has 1 amide bonds. The third-order valence-electron chi connectivity index (χ3n) is 3.96. The van der Waals surface area contributed by atoms with Crippen molar-refractivity contribution in [2.75, 3.05) is 17.2 Å². The molecule has 1 aliphatic rings. The van der Waals surface area contributed by atoms with E-state index in [1.165, 1.54) is 11.3 Å². The Labute approximate surface area is 130 Å². The van der Waals surface area contributed by atoms with Crippen LogP contribution in [0.15, 0.2) is 48.5 Å². The molecule has 0 bridgehead atoms. The molecule has 4 nitrogen and oxygen atoms in total. The van der Waals surface area contributed by atoms with Crippen LogP contribution in [0.4, 0.5) is 11.4 Å². The Morgan fingerprint density at radius 3 is 2.86 bits per heavy atom. The molecular formula is C18H21N3O. The number of fused-ring (bicyclic) bond motifs is 1. The van der Waals surface area contributed by atoms with Gasteiger partial charge >= 0.3 is 0 Å². The molecule has 0 aromatic heterocycles. The molecule has 0 aliphatic carbocycles. The lowest BCUT2D eigenvalue weighted by atomic mass is 10.0. The van der Waals surface area contributed by atoms with Gasteiger partial charge in [-0.3, -0.25) is 4.79 Å². The van der Waals surface area contributed by atoms with Gasteiger partial charge in [-0.05, 0) is 42.2 Å². The fourth-order valence-corrected chi connectivity index (χ4v) is 2.78. The summed E-state index contributed by atoms with van der Waals surface area (Å²) >= 11 is 0. The number of anilines is 2. The van der Waals surface area contributed by atoms with Crippen LogP contribution in [0, 0.1) is 0 Å². The van der Waals surface area contributed by atoms with E-state index in [0.717, 1.165) is 30.6 Å². The topological polar surface area (TPSA) is 67.2 Å². The van der Waals surface area contributed by atoms with Gasteiger partial charge in [0.05, 0.1) is 0 Å². The van der Waals surface area contributed by atoms with Gasteiger partial charge < -0.3 is 16.4 Å². The van der Waals surface area contributed by atoms with Crippen LogP contribution in [0.25, 0.3) is 0 Å². The third-order valence-corrected chi connectivity index (χ3v) is 3.96. The van der Waals surface area contributed by atoms with Crippen molar-refractivity contribution in [2.45, 2.75) is 25.3 Å². The maximum absolute atomic E-state index is 12.2. The second-order valence-corrected chi connectivity index (χ2v) is 5.67. The van der Waals surface area contributed by atoms with Gasteiger partial charge in [0.25, 0.3) is 0 Å². The molecule has 0 saturated heterocycles. The van der Waals surface area contributed by atoms with Crippen molar-refractivity contribution in [2.24, 2.45) is 5.73 Å². The normalized spacial score (nSPS) is 14.6. The molecule has 0 saturated carbocycles. The first kappa shape index (κ1) is 14.6. The van der Waals surface area contributed by atoms with Crippen LogP contribution in [0.5, 0.6) is 0 Å². The van der Waals surface area contributed by atoms with Crippen LogP contribution in [-0.4, -0.2) is 12.5 Å². The lowest BCUT2D eigenvalue weighted by molar-refractivity contribution is -0.116. The van der Waals surface area contributed by atoms with Crippen LogP contribution < -0.4 is 16.4 Å². The van der Waals surface area contributed by atoms with Gasteiger partial charge in [0, 0.05) is 30.4 Å². The van der Waals surface area contributed by atoms with Crippen LogP contribution in [0.3, 0.4) is 0 Å². The van der Waals surface area contributed by atoms with E-state index < -0.39 is 0 Å². The molecule has 2 aromatic carbocycles. The molecule has 0 spiro atoms. The summed E-state index contributed by atoms with van der Waals surface area (Å²) in [7, 11) is 0. The molecule has 114 valence electrons. The van der Waals surface area contributed by atoms with Gasteiger partial charge in [-0.2, -0.15) is 0 Å². The van der Waals surface area contributed by atoms with E-state index in [-0.39, 0.29) is 18.4 Å². The molecule has 0 fully saturated rings. The van der Waals surface area contributed by atoms with Gasteiger partial charge in [0.1, 0.15) is 0 Å². The zero-order chi connectivity index (χ0) is 15.4. The van der Waals surface area contributed by atoms with E-state index in [1.807, 2.05) is 48.5 Å². The van der Waals surface area contributed by atoms with Crippen molar-refractivity contribution in [1.82, 2.24) is 0 Å². The predicted octanol–water partition coefficient (Wildman–Crippen LogP) is 3.07. The summed E-state index contributed by atoms with van der Waals surface area (Å²) in [4.78, 5) is 12.2. The van der Waals surface area contributed by atoms with Gasteiger partial charge in [0.2, 0.25) is 5.91 Å². The number of amides is 1. The highest BCUT2D eigenvalue weighted by atomic mass is 16.1. The number of benzene rings is 2. The van der Waals surface area contributed by atoms with Crippen molar-refractivity contribution in [1.29, 1.82) is 0 Å². The number of nitrogens with two attached hydrogens (primary N) is 1. The van der Waals surface area contributed by atoms with Crippen molar-refractivity contribution < 1.29 is 4.79 Å². The number of nitrogens with one attached hydrogen (secondary N) is 2. The van der Waals surface area contributed by atoms with Crippen molar-refractivity contribution in [3.63, 3.8) is 0 Å². The van der Waals surface area contributed by atoms with Crippen LogP contribution in [0.2, 0.25) is 0 Å². The largest absolute Gasteiger partial charge is 0.385 e. The Morgan fingerprint density at radius 1 is 1.23 bits per heavy atom. The highest BCUT2D eigenvalue weighted by Crippen LogP contribution is 2.25. The quantitative estimate of drug-likeness (QED) is 0.812. The Morgan fingerprint density at radius 2 is 2.05 bits per heavy atom. The average Bonchev–Trinajstić information content (AvgIpc) is 2.55. The summed E-state index contributed by atoms with van der Waals surface area (Å²) in [5, 5.41) is 6.31. The lowest BCUT2D eigenvalue weighted by Crippen LogP contribution is -2.21. The smallest absolute Gasteiger partial charge is 0.226 e. The van der Waals surface area contributed by atoms with Crippen LogP contribution in [0.1, 0.15) is 30.0 Å². The maximum atomic E-state index is 12.2. The van der Waals surface area contributed by atoms with Gasteiger partial charge in [0.15, 0.2) is 0 Å². The van der Waals surface area contributed by atoms with E-state index in [2.05, 4.69) is 10.6 Å². The van der Waals surface area contributed by atoms with E-state index >= 15 is 0 Å². The number of carbonyl (C=O) groups excluding carboxylic acids is 1.